The average molecular weight is 341 g/mol. The third-order valence-corrected chi connectivity index (χ3v) is 3.90. The van der Waals surface area contributed by atoms with Gasteiger partial charge in [-0.2, -0.15) is 5.10 Å². The molecular formula is C19H23N3O3. The van der Waals surface area contributed by atoms with E-state index in [4.69, 9.17) is 9.47 Å². The second-order valence-corrected chi connectivity index (χ2v) is 6.95. The van der Waals surface area contributed by atoms with Crippen molar-refractivity contribution in [2.45, 2.75) is 32.8 Å². The van der Waals surface area contributed by atoms with Gasteiger partial charge in [0.05, 0.1) is 19.0 Å². The van der Waals surface area contributed by atoms with Crippen molar-refractivity contribution in [3.8, 4) is 5.75 Å². The molecule has 3 rings (SSSR count). The van der Waals surface area contributed by atoms with Crippen LogP contribution in [0.5, 0.6) is 5.75 Å². The Morgan fingerprint density at radius 2 is 2.00 bits per heavy atom. The molecule has 0 spiro atoms. The van der Waals surface area contributed by atoms with Gasteiger partial charge < -0.3 is 9.47 Å². The molecule has 1 aromatic heterocycles. The fourth-order valence-electron chi connectivity index (χ4n) is 2.73. The smallest absolute Gasteiger partial charge is 0.414 e. The highest BCUT2D eigenvalue weighted by atomic mass is 16.6. The molecule has 0 saturated carbocycles. The molecule has 1 aliphatic heterocycles. The zero-order chi connectivity index (χ0) is 18.0. The molecular weight excluding hydrogens is 318 g/mol. The summed E-state index contributed by atoms with van der Waals surface area (Å²) < 4.78 is 10.8. The predicted octanol–water partition coefficient (Wildman–Crippen LogP) is 3.71. The van der Waals surface area contributed by atoms with E-state index < -0.39 is 5.60 Å². The van der Waals surface area contributed by atoms with Crippen LogP contribution in [0.3, 0.4) is 0 Å². The molecule has 0 bridgehead atoms. The van der Waals surface area contributed by atoms with Gasteiger partial charge in [0, 0.05) is 24.2 Å². The summed E-state index contributed by atoms with van der Waals surface area (Å²) in [6, 6.07) is 7.69. The van der Waals surface area contributed by atoms with Crippen LogP contribution in [0, 0.1) is 0 Å². The van der Waals surface area contributed by atoms with E-state index in [9.17, 15) is 4.79 Å². The van der Waals surface area contributed by atoms with Gasteiger partial charge >= 0.3 is 6.09 Å². The molecule has 1 amide bonds. The van der Waals surface area contributed by atoms with Crippen molar-refractivity contribution in [3.63, 3.8) is 0 Å². The van der Waals surface area contributed by atoms with Crippen LogP contribution in [0.25, 0.3) is 11.8 Å². The largest absolute Gasteiger partial charge is 0.497 e. The van der Waals surface area contributed by atoms with Gasteiger partial charge in [-0.05, 0) is 44.5 Å². The maximum Gasteiger partial charge on any atom is 0.414 e. The van der Waals surface area contributed by atoms with Gasteiger partial charge in [-0.3, -0.25) is 10.00 Å². The first-order chi connectivity index (χ1) is 11.9. The number of aromatic nitrogens is 2. The van der Waals surface area contributed by atoms with Gasteiger partial charge in [0.1, 0.15) is 11.4 Å². The lowest BCUT2D eigenvalue weighted by Gasteiger charge is -2.31. The number of carbonyl (C=O) groups is 1. The molecule has 6 heteroatoms. The summed E-state index contributed by atoms with van der Waals surface area (Å²) in [6.07, 6.45) is 4.09. The molecule has 132 valence electrons. The normalized spacial score (nSPS) is 15.8. The molecule has 0 atom stereocenters. The number of amides is 1. The van der Waals surface area contributed by atoms with Crippen molar-refractivity contribution in [1.82, 2.24) is 15.1 Å². The van der Waals surface area contributed by atoms with Crippen LogP contribution in [-0.2, 0) is 11.2 Å². The molecule has 1 N–H and O–H groups in total. The molecule has 6 nitrogen and oxygen atoms in total. The number of ether oxygens (including phenoxy) is 2. The molecule has 1 aromatic carbocycles. The Hall–Kier alpha value is -2.76. The van der Waals surface area contributed by atoms with E-state index in [2.05, 4.69) is 10.2 Å². The van der Waals surface area contributed by atoms with E-state index in [1.807, 2.05) is 51.1 Å². The quantitative estimate of drug-likeness (QED) is 0.904. The lowest BCUT2D eigenvalue weighted by atomic mass is 10.0. The minimum Gasteiger partial charge on any atom is -0.497 e. The third kappa shape index (κ3) is 3.84. The second-order valence-electron chi connectivity index (χ2n) is 6.95. The Morgan fingerprint density at radius 3 is 2.64 bits per heavy atom. The minimum absolute atomic E-state index is 0.348. The summed E-state index contributed by atoms with van der Waals surface area (Å²) in [6.45, 7) is 6.15. The van der Waals surface area contributed by atoms with Crippen molar-refractivity contribution in [3.05, 3.63) is 47.3 Å². The van der Waals surface area contributed by atoms with Crippen LogP contribution in [0.1, 0.15) is 37.6 Å². The molecule has 2 heterocycles. The summed E-state index contributed by atoms with van der Waals surface area (Å²) in [5.74, 6) is 0.791. The zero-order valence-electron chi connectivity index (χ0n) is 15.0. The van der Waals surface area contributed by atoms with Crippen molar-refractivity contribution in [1.29, 1.82) is 0 Å². The van der Waals surface area contributed by atoms with E-state index >= 15 is 0 Å². The van der Waals surface area contributed by atoms with Crippen LogP contribution < -0.4 is 4.74 Å². The van der Waals surface area contributed by atoms with Gasteiger partial charge in [-0.15, -0.1) is 0 Å². The van der Waals surface area contributed by atoms with Crippen LogP contribution in [0.4, 0.5) is 4.79 Å². The molecule has 1 aliphatic rings. The van der Waals surface area contributed by atoms with Gasteiger partial charge in [0.2, 0.25) is 0 Å². The summed E-state index contributed by atoms with van der Waals surface area (Å²) in [4.78, 5) is 14.3. The third-order valence-electron chi connectivity index (χ3n) is 3.90. The Kier molecular flexibility index (Phi) is 4.53. The SMILES string of the molecule is COc1ccc(/C=C2\c3cn[nH]c3CCN2C(=O)OC(C)(C)C)cc1. The number of benzene rings is 1. The average Bonchev–Trinajstić information content (AvgIpc) is 3.03. The van der Waals surface area contributed by atoms with Crippen molar-refractivity contribution in [2.75, 3.05) is 13.7 Å². The number of H-pyrrole nitrogens is 1. The minimum atomic E-state index is -0.543. The van der Waals surface area contributed by atoms with Crippen LogP contribution in [0.2, 0.25) is 0 Å². The first kappa shape index (κ1) is 17.1. The van der Waals surface area contributed by atoms with Crippen LogP contribution in [-0.4, -0.2) is 40.4 Å². The zero-order valence-corrected chi connectivity index (χ0v) is 15.0. The molecule has 0 saturated heterocycles. The number of hydrogen-bond donors (Lipinski definition) is 1. The van der Waals surface area contributed by atoms with E-state index in [1.54, 1.807) is 18.2 Å². The lowest BCUT2D eigenvalue weighted by Crippen LogP contribution is -2.39. The van der Waals surface area contributed by atoms with Gasteiger partial charge in [0.15, 0.2) is 0 Å². The Morgan fingerprint density at radius 1 is 1.28 bits per heavy atom. The number of methoxy groups -OCH3 is 1. The highest BCUT2D eigenvalue weighted by molar-refractivity contribution is 5.91. The molecule has 0 unspecified atom stereocenters. The standard InChI is InChI=1S/C19H23N3O3/c1-19(2,3)25-18(23)22-10-9-16-15(12-20-21-16)17(22)11-13-5-7-14(24-4)8-6-13/h5-8,11-12H,9-10H2,1-4H3,(H,20,21)/b17-11+. The van der Waals surface area contributed by atoms with Crippen LogP contribution in [0.15, 0.2) is 30.5 Å². The van der Waals surface area contributed by atoms with Crippen molar-refractivity contribution < 1.29 is 14.3 Å². The fraction of sp³-hybridized carbons (Fsp3) is 0.368. The maximum absolute atomic E-state index is 12.7. The van der Waals surface area contributed by atoms with E-state index in [-0.39, 0.29) is 6.09 Å². The molecule has 0 radical (unpaired) electrons. The van der Waals surface area contributed by atoms with Gasteiger partial charge in [-0.25, -0.2) is 4.79 Å². The maximum atomic E-state index is 12.7. The molecule has 0 fully saturated rings. The highest BCUT2D eigenvalue weighted by Crippen LogP contribution is 2.31. The van der Waals surface area contributed by atoms with Crippen molar-refractivity contribution >= 4 is 17.9 Å². The highest BCUT2D eigenvalue weighted by Gasteiger charge is 2.30. The fourth-order valence-corrected chi connectivity index (χ4v) is 2.73. The lowest BCUT2D eigenvalue weighted by molar-refractivity contribution is 0.0351. The second kappa shape index (κ2) is 6.63. The Labute approximate surface area is 147 Å². The van der Waals surface area contributed by atoms with Crippen LogP contribution >= 0.6 is 0 Å². The number of rotatable bonds is 2. The topological polar surface area (TPSA) is 67.5 Å². The van der Waals surface area contributed by atoms with Gasteiger partial charge in [-0.1, -0.05) is 12.1 Å². The number of aromatic amines is 1. The summed E-state index contributed by atoms with van der Waals surface area (Å²) >= 11 is 0. The first-order valence-corrected chi connectivity index (χ1v) is 8.26. The van der Waals surface area contributed by atoms with E-state index in [0.29, 0.717) is 13.0 Å². The number of nitrogens with one attached hydrogen (secondary N) is 1. The predicted molar refractivity (Wildman–Crippen MR) is 96.1 cm³/mol. The molecule has 25 heavy (non-hydrogen) atoms. The van der Waals surface area contributed by atoms with E-state index in [1.165, 1.54) is 0 Å². The number of nitrogens with zero attached hydrogens (tertiary/aromatic N) is 2. The first-order valence-electron chi connectivity index (χ1n) is 8.26. The summed E-state index contributed by atoms with van der Waals surface area (Å²) in [5, 5.41) is 7.14. The van der Waals surface area contributed by atoms with Crippen molar-refractivity contribution in [2.24, 2.45) is 0 Å². The van der Waals surface area contributed by atoms with Gasteiger partial charge in [0.25, 0.3) is 0 Å². The molecule has 0 aliphatic carbocycles. The number of hydrogen-bond acceptors (Lipinski definition) is 4. The number of fused-ring (bicyclic) bond motifs is 1. The summed E-state index contributed by atoms with van der Waals surface area (Å²) in [7, 11) is 1.64. The number of carbonyl (C=O) groups excluding carboxylic acids is 1. The van der Waals surface area contributed by atoms with E-state index in [0.717, 1.165) is 28.3 Å². The Bertz CT molecular complexity index is 785. The monoisotopic (exact) mass is 341 g/mol. The molecule has 2 aromatic rings. The Balaban J connectivity index is 1.97. The summed E-state index contributed by atoms with van der Waals surface area (Å²) in [5.41, 5.74) is 3.17.